The van der Waals surface area contributed by atoms with Gasteiger partial charge in [-0.3, -0.25) is 4.68 Å². The monoisotopic (exact) mass is 313 g/mol. The van der Waals surface area contributed by atoms with Gasteiger partial charge in [0.1, 0.15) is 0 Å². The summed E-state index contributed by atoms with van der Waals surface area (Å²) in [5.74, 6) is 0. The van der Waals surface area contributed by atoms with Crippen LogP contribution in [0.15, 0.2) is 22.0 Å². The van der Waals surface area contributed by atoms with Crippen LogP contribution in [0, 0.1) is 0 Å². The molecule has 2 aromatic rings. The predicted octanol–water partition coefficient (Wildman–Crippen LogP) is 3.10. The molecule has 2 heterocycles. The van der Waals surface area contributed by atoms with Crippen LogP contribution in [0.25, 0.3) is 0 Å². The lowest BCUT2D eigenvalue weighted by Gasteiger charge is -2.04. The molecule has 5 heteroatoms. The van der Waals surface area contributed by atoms with Crippen LogP contribution < -0.4 is 5.32 Å². The largest absolute Gasteiger partial charge is 0.306 e. The van der Waals surface area contributed by atoms with Gasteiger partial charge in [-0.2, -0.15) is 5.10 Å². The van der Waals surface area contributed by atoms with Crippen molar-refractivity contribution in [3.63, 3.8) is 0 Å². The Hall–Kier alpha value is -0.650. The Morgan fingerprint density at radius 3 is 2.88 bits per heavy atom. The summed E-state index contributed by atoms with van der Waals surface area (Å²) in [5, 5.41) is 9.97. The van der Waals surface area contributed by atoms with Crippen LogP contribution in [-0.4, -0.2) is 9.78 Å². The second kappa shape index (κ2) is 5.80. The van der Waals surface area contributed by atoms with Crippen molar-refractivity contribution in [1.29, 1.82) is 0 Å². The molecule has 0 aromatic carbocycles. The molecule has 0 unspecified atom stereocenters. The van der Waals surface area contributed by atoms with Crippen LogP contribution in [0.4, 0.5) is 0 Å². The van der Waals surface area contributed by atoms with E-state index in [-0.39, 0.29) is 0 Å². The maximum absolute atomic E-state index is 4.43. The summed E-state index contributed by atoms with van der Waals surface area (Å²) >= 11 is 5.30. The predicted molar refractivity (Wildman–Crippen MR) is 75.1 cm³/mol. The molecule has 0 amide bonds. The Morgan fingerprint density at radius 2 is 2.29 bits per heavy atom. The third kappa shape index (κ3) is 3.18. The van der Waals surface area contributed by atoms with Crippen molar-refractivity contribution in [3.8, 4) is 0 Å². The van der Waals surface area contributed by atoms with Gasteiger partial charge in [-0.15, -0.1) is 11.3 Å². The minimum Gasteiger partial charge on any atom is -0.306 e. The van der Waals surface area contributed by atoms with Crippen LogP contribution in [0.5, 0.6) is 0 Å². The van der Waals surface area contributed by atoms with Gasteiger partial charge in [-0.25, -0.2) is 0 Å². The van der Waals surface area contributed by atoms with Crippen LogP contribution in [-0.2, 0) is 26.6 Å². The first kappa shape index (κ1) is 12.8. The highest BCUT2D eigenvalue weighted by molar-refractivity contribution is 9.10. The van der Waals surface area contributed by atoms with E-state index in [1.807, 2.05) is 11.7 Å². The first-order chi connectivity index (χ1) is 8.20. The Morgan fingerprint density at radius 1 is 1.47 bits per heavy atom. The van der Waals surface area contributed by atoms with E-state index >= 15 is 0 Å². The number of nitrogens with zero attached hydrogens (tertiary/aromatic N) is 2. The van der Waals surface area contributed by atoms with Gasteiger partial charge < -0.3 is 5.32 Å². The summed E-state index contributed by atoms with van der Waals surface area (Å²) in [6.07, 6.45) is 0.990. The fourth-order valence-corrected chi connectivity index (χ4v) is 3.13. The van der Waals surface area contributed by atoms with E-state index in [1.54, 1.807) is 11.3 Å². The summed E-state index contributed by atoms with van der Waals surface area (Å²) in [4.78, 5) is 1.34. The zero-order chi connectivity index (χ0) is 12.3. The second-order valence-electron chi connectivity index (χ2n) is 3.90. The smallest absolute Gasteiger partial charge is 0.0625 e. The number of hydrogen-bond donors (Lipinski definition) is 1. The Balaban J connectivity index is 1.90. The summed E-state index contributed by atoms with van der Waals surface area (Å²) in [5.41, 5.74) is 2.39. The van der Waals surface area contributed by atoms with Gasteiger partial charge in [-0.1, -0.05) is 6.92 Å². The standard InChI is InChI=1S/C12H16BrN3S/c1-3-9-6-10(16(2)15-9)7-14-8-12-11(13)4-5-17-12/h4-6,14H,3,7-8H2,1-2H3. The number of halogens is 1. The van der Waals surface area contributed by atoms with Gasteiger partial charge in [0.15, 0.2) is 0 Å². The fourth-order valence-electron chi connectivity index (χ4n) is 1.67. The highest BCUT2D eigenvalue weighted by atomic mass is 79.9. The van der Waals surface area contributed by atoms with Crippen molar-refractivity contribution < 1.29 is 0 Å². The van der Waals surface area contributed by atoms with Gasteiger partial charge in [0.25, 0.3) is 0 Å². The number of aromatic nitrogens is 2. The Kier molecular flexibility index (Phi) is 4.36. The highest BCUT2D eigenvalue weighted by Gasteiger charge is 2.04. The number of aryl methyl sites for hydroxylation is 2. The molecule has 2 rings (SSSR count). The van der Waals surface area contributed by atoms with Gasteiger partial charge in [0.05, 0.1) is 11.4 Å². The average molecular weight is 314 g/mol. The Bertz CT molecular complexity index is 490. The molecule has 0 saturated carbocycles. The third-order valence-electron chi connectivity index (χ3n) is 2.67. The van der Waals surface area contributed by atoms with E-state index in [9.17, 15) is 0 Å². The van der Waals surface area contributed by atoms with Crippen molar-refractivity contribution >= 4 is 27.3 Å². The number of hydrogen-bond acceptors (Lipinski definition) is 3. The van der Waals surface area contributed by atoms with E-state index in [1.165, 1.54) is 15.0 Å². The molecule has 1 N–H and O–H groups in total. The molecule has 17 heavy (non-hydrogen) atoms. The van der Waals surface area contributed by atoms with Gasteiger partial charge in [0.2, 0.25) is 0 Å². The maximum Gasteiger partial charge on any atom is 0.0625 e. The van der Waals surface area contributed by atoms with Crippen LogP contribution in [0.3, 0.4) is 0 Å². The van der Waals surface area contributed by atoms with E-state index in [0.717, 1.165) is 25.2 Å². The first-order valence-electron chi connectivity index (χ1n) is 5.65. The molecule has 92 valence electrons. The average Bonchev–Trinajstić information content (AvgIpc) is 2.87. The van der Waals surface area contributed by atoms with Gasteiger partial charge >= 0.3 is 0 Å². The lowest BCUT2D eigenvalue weighted by atomic mass is 10.3. The van der Waals surface area contributed by atoms with Gasteiger partial charge in [0, 0.05) is 29.5 Å². The molecule has 0 aliphatic rings. The molecule has 0 aliphatic heterocycles. The van der Waals surface area contributed by atoms with Crippen LogP contribution in [0.2, 0.25) is 0 Å². The topological polar surface area (TPSA) is 29.9 Å². The van der Waals surface area contributed by atoms with E-state index in [4.69, 9.17) is 0 Å². The quantitative estimate of drug-likeness (QED) is 0.919. The maximum atomic E-state index is 4.43. The van der Waals surface area contributed by atoms with Crippen molar-refractivity contribution in [2.24, 2.45) is 7.05 Å². The summed E-state index contributed by atoms with van der Waals surface area (Å²) < 4.78 is 3.14. The summed E-state index contributed by atoms with van der Waals surface area (Å²) in [6, 6.07) is 4.25. The molecule has 0 spiro atoms. The third-order valence-corrected chi connectivity index (χ3v) is 4.60. The summed E-state index contributed by atoms with van der Waals surface area (Å²) in [7, 11) is 2.00. The number of nitrogens with one attached hydrogen (secondary N) is 1. The van der Waals surface area contributed by atoms with Crippen molar-refractivity contribution in [1.82, 2.24) is 15.1 Å². The number of thiophene rings is 1. The van der Waals surface area contributed by atoms with E-state index in [0.29, 0.717) is 0 Å². The minimum absolute atomic E-state index is 0.855. The lowest BCUT2D eigenvalue weighted by molar-refractivity contribution is 0.626. The molecule has 0 atom stereocenters. The molecule has 2 aromatic heterocycles. The molecule has 0 radical (unpaired) electrons. The van der Waals surface area contributed by atoms with Crippen molar-refractivity contribution in [3.05, 3.63) is 38.3 Å². The first-order valence-corrected chi connectivity index (χ1v) is 7.32. The normalized spacial score (nSPS) is 11.0. The molecule has 0 saturated heterocycles. The SMILES string of the molecule is CCc1cc(CNCc2sccc2Br)n(C)n1. The van der Waals surface area contributed by atoms with Crippen LogP contribution >= 0.6 is 27.3 Å². The molecule has 0 fully saturated rings. The molecule has 3 nitrogen and oxygen atoms in total. The molecular weight excluding hydrogens is 298 g/mol. The number of rotatable bonds is 5. The van der Waals surface area contributed by atoms with E-state index < -0.39 is 0 Å². The van der Waals surface area contributed by atoms with E-state index in [2.05, 4.69) is 50.8 Å². The molecule has 0 bridgehead atoms. The van der Waals surface area contributed by atoms with Gasteiger partial charge in [-0.05, 0) is 39.9 Å². The fraction of sp³-hybridized carbons (Fsp3) is 0.417. The van der Waals surface area contributed by atoms with Crippen molar-refractivity contribution in [2.75, 3.05) is 0 Å². The lowest BCUT2D eigenvalue weighted by Crippen LogP contribution is -2.14. The second-order valence-corrected chi connectivity index (χ2v) is 5.75. The van der Waals surface area contributed by atoms with Crippen molar-refractivity contribution in [2.45, 2.75) is 26.4 Å². The molecular formula is C12H16BrN3S. The highest BCUT2D eigenvalue weighted by Crippen LogP contribution is 2.22. The Labute approximate surface area is 114 Å². The summed E-state index contributed by atoms with van der Waals surface area (Å²) in [6.45, 7) is 3.88. The minimum atomic E-state index is 0.855. The van der Waals surface area contributed by atoms with Crippen LogP contribution in [0.1, 0.15) is 23.2 Å². The molecule has 0 aliphatic carbocycles. The zero-order valence-electron chi connectivity index (χ0n) is 10.0. The zero-order valence-corrected chi connectivity index (χ0v) is 12.4.